The zero-order valence-electron chi connectivity index (χ0n) is 9.53. The molecule has 1 aliphatic rings. The molecule has 0 heterocycles. The lowest BCUT2D eigenvalue weighted by Gasteiger charge is -2.15. The van der Waals surface area contributed by atoms with Crippen LogP contribution in [0, 0.1) is 0 Å². The Balaban J connectivity index is 2.19. The fraction of sp³-hybridized carbons (Fsp3) is 0.538. The third-order valence-electron chi connectivity index (χ3n) is 3.19. The Bertz CT molecular complexity index is 342. The van der Waals surface area contributed by atoms with Crippen molar-refractivity contribution in [3.05, 3.63) is 35.4 Å². The average Bonchev–Trinajstić information content (AvgIpc) is 2.97. The molecule has 0 radical (unpaired) electrons. The molecule has 2 nitrogen and oxygen atoms in total. The molecule has 1 N–H and O–H groups in total. The molecule has 0 bridgehead atoms. The maximum atomic E-state index is 9.37. The van der Waals surface area contributed by atoms with E-state index in [2.05, 4.69) is 43.3 Å². The highest BCUT2D eigenvalue weighted by molar-refractivity contribution is 5.34. The summed E-state index contributed by atoms with van der Waals surface area (Å²) in [5, 5.41) is 9.37. The molecule has 1 aromatic carbocycles. The molecule has 82 valence electrons. The predicted octanol–water partition coefficient (Wildman–Crippen LogP) is 1.77. The summed E-state index contributed by atoms with van der Waals surface area (Å²) < 4.78 is 0. The molecule has 0 spiro atoms. The van der Waals surface area contributed by atoms with Crippen LogP contribution in [-0.4, -0.2) is 30.7 Å². The van der Waals surface area contributed by atoms with Gasteiger partial charge < -0.3 is 10.0 Å². The van der Waals surface area contributed by atoms with Crippen LogP contribution in [0.1, 0.15) is 24.0 Å². The Kier molecular flexibility index (Phi) is 2.81. The molecular weight excluding hydrogens is 186 g/mol. The predicted molar refractivity (Wildman–Crippen MR) is 61.8 cm³/mol. The standard InChI is InChI=1S/C13H19NO/c1-14(2)9-11-4-3-5-12(8-11)13(10-15)6-7-13/h3-5,8,15H,6-7,9-10H2,1-2H3. The van der Waals surface area contributed by atoms with Crippen molar-refractivity contribution in [2.24, 2.45) is 0 Å². The number of aliphatic hydroxyl groups is 1. The van der Waals surface area contributed by atoms with Crippen molar-refractivity contribution in [1.82, 2.24) is 4.90 Å². The molecule has 0 aromatic heterocycles. The molecule has 0 atom stereocenters. The Labute approximate surface area is 91.5 Å². The molecule has 1 aromatic rings. The molecule has 1 fully saturated rings. The van der Waals surface area contributed by atoms with E-state index in [0.717, 1.165) is 19.4 Å². The molecule has 0 unspecified atom stereocenters. The van der Waals surface area contributed by atoms with Crippen LogP contribution in [0.5, 0.6) is 0 Å². The SMILES string of the molecule is CN(C)Cc1cccc(C2(CO)CC2)c1. The molecule has 0 saturated heterocycles. The fourth-order valence-corrected chi connectivity index (χ4v) is 2.05. The van der Waals surface area contributed by atoms with Crippen LogP contribution in [0.3, 0.4) is 0 Å². The van der Waals surface area contributed by atoms with Gasteiger partial charge in [-0.25, -0.2) is 0 Å². The Morgan fingerprint density at radius 2 is 2.07 bits per heavy atom. The molecular formula is C13H19NO. The van der Waals surface area contributed by atoms with Gasteiger partial charge in [0.1, 0.15) is 0 Å². The van der Waals surface area contributed by atoms with E-state index < -0.39 is 0 Å². The lowest BCUT2D eigenvalue weighted by Crippen LogP contribution is -2.14. The van der Waals surface area contributed by atoms with Crippen LogP contribution in [0.4, 0.5) is 0 Å². The normalized spacial score (nSPS) is 18.1. The van der Waals surface area contributed by atoms with Crippen molar-refractivity contribution in [2.75, 3.05) is 20.7 Å². The average molecular weight is 205 g/mol. The second-order valence-corrected chi connectivity index (χ2v) is 4.88. The minimum atomic E-state index is 0.0995. The van der Waals surface area contributed by atoms with Crippen molar-refractivity contribution < 1.29 is 5.11 Å². The molecule has 1 saturated carbocycles. The molecule has 1 aliphatic carbocycles. The molecule has 0 aliphatic heterocycles. The maximum Gasteiger partial charge on any atom is 0.0527 e. The minimum Gasteiger partial charge on any atom is -0.395 e. The Hall–Kier alpha value is -0.860. The second kappa shape index (κ2) is 3.95. The first-order valence-corrected chi connectivity index (χ1v) is 5.51. The van der Waals surface area contributed by atoms with E-state index in [1.54, 1.807) is 0 Å². The topological polar surface area (TPSA) is 23.5 Å². The summed E-state index contributed by atoms with van der Waals surface area (Å²) >= 11 is 0. The molecule has 2 rings (SSSR count). The Morgan fingerprint density at radius 1 is 1.33 bits per heavy atom. The highest BCUT2D eigenvalue weighted by atomic mass is 16.3. The zero-order chi connectivity index (χ0) is 10.9. The molecule has 2 heteroatoms. The van der Waals surface area contributed by atoms with E-state index >= 15 is 0 Å². The van der Waals surface area contributed by atoms with Gasteiger partial charge in [-0.1, -0.05) is 24.3 Å². The lowest BCUT2D eigenvalue weighted by atomic mass is 9.95. The zero-order valence-corrected chi connectivity index (χ0v) is 9.53. The Morgan fingerprint density at radius 3 is 2.60 bits per heavy atom. The van der Waals surface area contributed by atoms with Gasteiger partial charge in [-0.05, 0) is 38.1 Å². The van der Waals surface area contributed by atoms with Crippen LogP contribution in [0.15, 0.2) is 24.3 Å². The van der Waals surface area contributed by atoms with Gasteiger partial charge in [0.05, 0.1) is 6.61 Å². The summed E-state index contributed by atoms with van der Waals surface area (Å²) in [6, 6.07) is 8.63. The number of hydrogen-bond acceptors (Lipinski definition) is 2. The van der Waals surface area contributed by atoms with Gasteiger partial charge >= 0.3 is 0 Å². The van der Waals surface area contributed by atoms with Crippen molar-refractivity contribution in [3.8, 4) is 0 Å². The van der Waals surface area contributed by atoms with Crippen molar-refractivity contribution >= 4 is 0 Å². The van der Waals surface area contributed by atoms with E-state index in [0.29, 0.717) is 6.61 Å². The van der Waals surface area contributed by atoms with Crippen molar-refractivity contribution in [2.45, 2.75) is 24.8 Å². The molecule has 0 amide bonds. The van der Waals surface area contributed by atoms with Crippen molar-refractivity contribution in [3.63, 3.8) is 0 Å². The number of hydrogen-bond donors (Lipinski definition) is 1. The van der Waals surface area contributed by atoms with E-state index in [1.807, 2.05) is 0 Å². The summed E-state index contributed by atoms with van der Waals surface area (Å²) in [6.45, 7) is 1.26. The van der Waals surface area contributed by atoms with E-state index in [-0.39, 0.29) is 5.41 Å². The summed E-state index contributed by atoms with van der Waals surface area (Å²) in [5.74, 6) is 0. The maximum absolute atomic E-state index is 9.37. The quantitative estimate of drug-likeness (QED) is 0.810. The van der Waals surface area contributed by atoms with Crippen molar-refractivity contribution in [1.29, 1.82) is 0 Å². The summed E-state index contributed by atoms with van der Waals surface area (Å²) in [5.41, 5.74) is 2.74. The second-order valence-electron chi connectivity index (χ2n) is 4.88. The van der Waals surface area contributed by atoms with E-state index in [9.17, 15) is 5.11 Å². The van der Waals surface area contributed by atoms with Crippen LogP contribution in [0.2, 0.25) is 0 Å². The van der Waals surface area contributed by atoms with Gasteiger partial charge in [-0.3, -0.25) is 0 Å². The van der Waals surface area contributed by atoms with Gasteiger partial charge in [0, 0.05) is 12.0 Å². The van der Waals surface area contributed by atoms with Gasteiger partial charge in [0.25, 0.3) is 0 Å². The first-order chi connectivity index (χ1) is 7.16. The lowest BCUT2D eigenvalue weighted by molar-refractivity contribution is 0.255. The van der Waals surface area contributed by atoms with Gasteiger partial charge in [0.2, 0.25) is 0 Å². The third-order valence-corrected chi connectivity index (χ3v) is 3.19. The largest absolute Gasteiger partial charge is 0.395 e. The number of aliphatic hydroxyl groups excluding tert-OH is 1. The number of benzene rings is 1. The highest BCUT2D eigenvalue weighted by Crippen LogP contribution is 2.47. The minimum absolute atomic E-state index is 0.0995. The molecule has 15 heavy (non-hydrogen) atoms. The van der Waals surface area contributed by atoms with Crippen LogP contribution in [-0.2, 0) is 12.0 Å². The first kappa shape index (κ1) is 10.7. The van der Waals surface area contributed by atoms with E-state index in [1.165, 1.54) is 11.1 Å². The highest BCUT2D eigenvalue weighted by Gasteiger charge is 2.43. The number of nitrogens with zero attached hydrogens (tertiary/aromatic N) is 1. The monoisotopic (exact) mass is 205 g/mol. The van der Waals surface area contributed by atoms with Crippen LogP contribution < -0.4 is 0 Å². The smallest absolute Gasteiger partial charge is 0.0527 e. The van der Waals surface area contributed by atoms with Gasteiger partial charge in [-0.2, -0.15) is 0 Å². The van der Waals surface area contributed by atoms with Gasteiger partial charge in [-0.15, -0.1) is 0 Å². The van der Waals surface area contributed by atoms with Gasteiger partial charge in [0.15, 0.2) is 0 Å². The van der Waals surface area contributed by atoms with Crippen LogP contribution in [0.25, 0.3) is 0 Å². The summed E-state index contributed by atoms with van der Waals surface area (Å²) in [6.07, 6.45) is 2.27. The summed E-state index contributed by atoms with van der Waals surface area (Å²) in [7, 11) is 4.15. The van der Waals surface area contributed by atoms with E-state index in [4.69, 9.17) is 0 Å². The summed E-state index contributed by atoms with van der Waals surface area (Å²) in [4.78, 5) is 2.16. The number of rotatable bonds is 4. The third kappa shape index (κ3) is 2.21. The first-order valence-electron chi connectivity index (χ1n) is 5.51. The van der Waals surface area contributed by atoms with Crippen LogP contribution >= 0.6 is 0 Å². The fourth-order valence-electron chi connectivity index (χ4n) is 2.05.